The molecule has 47 heavy (non-hydrogen) atoms. The van der Waals surface area contributed by atoms with Crippen LogP contribution >= 0.6 is 0 Å². The average molecular weight is 665 g/mol. The van der Waals surface area contributed by atoms with E-state index in [1.54, 1.807) is 13.0 Å². The second kappa shape index (κ2) is 11.7. The van der Waals surface area contributed by atoms with Crippen LogP contribution in [0.2, 0.25) is 0 Å². The van der Waals surface area contributed by atoms with Gasteiger partial charge in [-0.1, -0.05) is 26.0 Å². The van der Waals surface area contributed by atoms with Crippen LogP contribution in [0, 0.1) is 29.6 Å². The Morgan fingerprint density at radius 1 is 1.06 bits per heavy atom. The molecular weight excluding hydrogens is 612 g/mol. The molecule has 1 aliphatic heterocycles. The maximum absolute atomic E-state index is 14.6. The summed E-state index contributed by atoms with van der Waals surface area (Å²) in [5.74, 6) is -1.68. The number of aromatic hydroxyl groups is 1. The minimum Gasteiger partial charge on any atom is -0.504 e. The van der Waals surface area contributed by atoms with Crippen LogP contribution in [-0.4, -0.2) is 112 Å². The molecule has 3 fully saturated rings. The summed E-state index contributed by atoms with van der Waals surface area (Å²) >= 11 is 0. The number of fused-ring (bicyclic) bond motifs is 5. The van der Waals surface area contributed by atoms with Gasteiger partial charge < -0.3 is 55.4 Å². The van der Waals surface area contributed by atoms with Crippen LogP contribution in [-0.2, 0) is 21.4 Å². The molecule has 1 aromatic carbocycles. The number of aliphatic hydroxyl groups excluding tert-OH is 6. The molecule has 12 heteroatoms. The average Bonchev–Trinajstić information content (AvgIpc) is 3.19. The van der Waals surface area contributed by atoms with E-state index in [2.05, 4.69) is 0 Å². The van der Waals surface area contributed by atoms with Crippen molar-refractivity contribution in [2.45, 2.75) is 134 Å². The van der Waals surface area contributed by atoms with Gasteiger partial charge in [0.25, 0.3) is 0 Å². The van der Waals surface area contributed by atoms with E-state index in [0.717, 1.165) is 5.56 Å². The fourth-order valence-corrected chi connectivity index (χ4v) is 9.72. The van der Waals surface area contributed by atoms with Crippen molar-refractivity contribution in [3.8, 4) is 11.5 Å². The van der Waals surface area contributed by atoms with Gasteiger partial charge in [-0.25, -0.2) is 0 Å². The lowest BCUT2D eigenvalue weighted by atomic mass is 9.41. The Balaban J connectivity index is 1.55. The number of carbonyl (C=O) groups is 1. The van der Waals surface area contributed by atoms with Gasteiger partial charge >= 0.3 is 0 Å². The van der Waals surface area contributed by atoms with Gasteiger partial charge in [-0.2, -0.15) is 0 Å². The highest BCUT2D eigenvalue weighted by Gasteiger charge is 2.73. The van der Waals surface area contributed by atoms with Crippen LogP contribution in [0.3, 0.4) is 0 Å². The Morgan fingerprint density at radius 2 is 1.70 bits per heavy atom. The van der Waals surface area contributed by atoms with Gasteiger partial charge in [0, 0.05) is 12.3 Å². The predicted octanol–water partition coefficient (Wildman–Crippen LogP) is 0.505. The quantitative estimate of drug-likeness (QED) is 0.182. The van der Waals surface area contributed by atoms with Crippen LogP contribution in [0.1, 0.15) is 77.5 Å². The molecule has 12 nitrogen and oxygen atoms in total. The van der Waals surface area contributed by atoms with E-state index >= 15 is 0 Å². The number of benzene rings is 1. The monoisotopic (exact) mass is 664 g/mol. The second-order valence-electron chi connectivity index (χ2n) is 15.9. The van der Waals surface area contributed by atoms with Crippen LogP contribution in [0.15, 0.2) is 18.2 Å². The molecule has 1 aromatic rings. The Morgan fingerprint density at radius 3 is 2.30 bits per heavy atom. The lowest BCUT2D eigenvalue weighted by molar-refractivity contribution is -0.277. The Bertz CT molecular complexity index is 1420. The molecule has 0 radical (unpaired) electrons. The third-order valence-corrected chi connectivity index (χ3v) is 12.5. The molecule has 2 saturated carbocycles. The molecule has 0 aromatic heterocycles. The Labute approximate surface area is 275 Å². The largest absolute Gasteiger partial charge is 0.504 e. The van der Waals surface area contributed by atoms with Gasteiger partial charge in [0.2, 0.25) is 6.29 Å². The van der Waals surface area contributed by atoms with Crippen molar-refractivity contribution in [2.24, 2.45) is 22.7 Å². The van der Waals surface area contributed by atoms with Crippen LogP contribution in [0.5, 0.6) is 11.5 Å². The number of phenolic OH excluding ortho intramolecular Hbond substituents is 1. The first kappa shape index (κ1) is 36.2. The van der Waals surface area contributed by atoms with Gasteiger partial charge in [-0.3, -0.25) is 4.79 Å². The first-order valence-electron chi connectivity index (χ1n) is 16.4. The van der Waals surface area contributed by atoms with Gasteiger partial charge in [-0.05, 0) is 93.4 Å². The molecule has 0 spiro atoms. The number of carbonyl (C=O) groups excluding carboxylic acids is 1. The van der Waals surface area contributed by atoms with E-state index in [0.29, 0.717) is 24.0 Å². The number of hydrogen-bond acceptors (Lipinski definition) is 12. The van der Waals surface area contributed by atoms with Gasteiger partial charge in [-0.15, -0.1) is 0 Å². The third-order valence-electron chi connectivity index (χ3n) is 12.5. The van der Waals surface area contributed by atoms with Crippen molar-refractivity contribution < 1.29 is 60.2 Å². The van der Waals surface area contributed by atoms with Gasteiger partial charge in [0.15, 0.2) is 11.5 Å². The predicted molar refractivity (Wildman–Crippen MR) is 168 cm³/mol. The lowest BCUT2D eigenvalue weighted by Gasteiger charge is -2.62. The van der Waals surface area contributed by atoms with E-state index in [-0.39, 0.29) is 36.0 Å². The lowest BCUT2D eigenvalue weighted by Crippen LogP contribution is -2.64. The number of ketones is 1. The number of phenols is 1. The minimum atomic E-state index is -1.84. The molecule has 264 valence electrons. The smallest absolute Gasteiger partial charge is 0.229 e. The van der Waals surface area contributed by atoms with Crippen molar-refractivity contribution >= 4 is 5.78 Å². The number of aliphatic hydroxyl groups is 8. The molecule has 1 saturated heterocycles. The molecule has 13 unspecified atom stereocenters. The Kier molecular flexibility index (Phi) is 9.03. The molecule has 0 bridgehead atoms. The summed E-state index contributed by atoms with van der Waals surface area (Å²) in [5.41, 5.74) is -3.93. The van der Waals surface area contributed by atoms with Crippen molar-refractivity contribution in [3.05, 3.63) is 34.9 Å². The van der Waals surface area contributed by atoms with Gasteiger partial charge in [0.1, 0.15) is 36.3 Å². The zero-order valence-electron chi connectivity index (χ0n) is 28.2. The fraction of sp³-hybridized carbons (Fsp3) is 0.743. The molecule has 1 heterocycles. The summed E-state index contributed by atoms with van der Waals surface area (Å²) in [7, 11) is 0. The third kappa shape index (κ3) is 5.35. The van der Waals surface area contributed by atoms with Crippen molar-refractivity contribution in [1.29, 1.82) is 0 Å². The highest BCUT2D eigenvalue weighted by atomic mass is 16.7. The van der Waals surface area contributed by atoms with E-state index in [1.165, 1.54) is 32.9 Å². The zero-order chi connectivity index (χ0) is 35.2. The number of ether oxygens (including phenoxy) is 2. The maximum Gasteiger partial charge on any atom is 0.229 e. The summed E-state index contributed by atoms with van der Waals surface area (Å²) in [6.45, 7) is 11.4. The van der Waals surface area contributed by atoms with Crippen LogP contribution in [0.25, 0.3) is 0 Å². The van der Waals surface area contributed by atoms with E-state index in [4.69, 9.17) is 9.47 Å². The van der Waals surface area contributed by atoms with Crippen LogP contribution in [0.4, 0.5) is 0 Å². The van der Waals surface area contributed by atoms with E-state index in [9.17, 15) is 50.8 Å². The van der Waals surface area contributed by atoms with Crippen molar-refractivity contribution in [2.75, 3.05) is 6.61 Å². The van der Waals surface area contributed by atoms with E-state index < -0.39 is 82.9 Å². The standard InChI is InChI=1S/C35H52O12/c1-16-17-8-9-22-32(4)13-19(37)29(35(7,45)23(38)10-11-31(2,3)44)33(32,5)14-24(39)34(22,6)18(17)12-20(25(16)40)46-30-28(43)27(42)26(41)21(15-36)47-30/h10-12,19,21-23,26-30,36-38,40-45H,8-9,13-15H2,1-7H3. The second-order valence-corrected chi connectivity index (χ2v) is 15.9. The highest BCUT2D eigenvalue weighted by molar-refractivity contribution is 5.93. The summed E-state index contributed by atoms with van der Waals surface area (Å²) < 4.78 is 11.4. The fourth-order valence-electron chi connectivity index (χ4n) is 9.72. The summed E-state index contributed by atoms with van der Waals surface area (Å²) in [5, 5.41) is 96.6. The topological polar surface area (TPSA) is 218 Å². The summed E-state index contributed by atoms with van der Waals surface area (Å²) in [4.78, 5) is 14.6. The number of rotatable bonds is 7. The first-order valence-corrected chi connectivity index (χ1v) is 16.4. The van der Waals surface area contributed by atoms with Crippen molar-refractivity contribution in [3.63, 3.8) is 0 Å². The molecule has 9 N–H and O–H groups in total. The maximum atomic E-state index is 14.6. The number of Topliss-reactive ketones (excluding diaryl/α,β-unsaturated/α-hetero) is 1. The minimum absolute atomic E-state index is 0.0153. The molecular formula is C35H52O12. The Hall–Kier alpha value is -2.13. The molecule has 4 aliphatic rings. The highest BCUT2D eigenvalue weighted by Crippen LogP contribution is 2.72. The molecule has 0 amide bonds. The first-order chi connectivity index (χ1) is 21.6. The zero-order valence-corrected chi connectivity index (χ0v) is 28.2. The van der Waals surface area contributed by atoms with Crippen LogP contribution < -0.4 is 4.74 Å². The number of hydrogen-bond donors (Lipinski definition) is 9. The molecule has 13 atom stereocenters. The van der Waals surface area contributed by atoms with Crippen molar-refractivity contribution in [1.82, 2.24) is 0 Å². The molecule has 5 rings (SSSR count). The van der Waals surface area contributed by atoms with E-state index in [1.807, 2.05) is 20.8 Å². The normalized spacial score (nSPS) is 42.4. The van der Waals surface area contributed by atoms with Gasteiger partial charge in [0.05, 0.1) is 29.3 Å². The molecule has 3 aliphatic carbocycles. The SMILES string of the molecule is Cc1c(O)c(OC2OC(CO)C(O)C(O)C2O)cc2c1CCC1C2(C)C(=O)CC2(C)C(C(C)(O)C(O)C=CC(C)(C)O)C(O)CC12C. The summed E-state index contributed by atoms with van der Waals surface area (Å²) in [6, 6.07) is 1.55. The summed E-state index contributed by atoms with van der Waals surface area (Å²) in [6.07, 6.45) is -6.22.